The molecule has 0 spiro atoms. The van der Waals surface area contributed by atoms with E-state index in [9.17, 15) is 34.7 Å². The van der Waals surface area contributed by atoms with Crippen molar-refractivity contribution >= 4 is 23.5 Å². The Hall–Kier alpha value is -4.39. The van der Waals surface area contributed by atoms with Gasteiger partial charge in [0.15, 0.2) is 5.54 Å². The number of aliphatic hydroxyl groups excluding tert-OH is 1. The number of carboxylic acids is 1. The Kier molecular flexibility index (Phi) is 7.00. The van der Waals surface area contributed by atoms with Crippen molar-refractivity contribution in [3.8, 4) is 11.3 Å². The van der Waals surface area contributed by atoms with Crippen LogP contribution in [0.15, 0.2) is 71.1 Å². The SMILES string of the molecule is O=C1C2C(c3ccc(-c4ccc([N+](=O)[O-])cc4)o3)NC(CO)(C(=O)O)C2C(=O)N1CCNCc1ccccc1. The van der Waals surface area contributed by atoms with Gasteiger partial charge in [0.05, 0.1) is 29.4 Å². The summed E-state index contributed by atoms with van der Waals surface area (Å²) in [5, 5.41) is 37.2. The molecule has 2 aromatic carbocycles. The molecule has 12 heteroatoms. The van der Waals surface area contributed by atoms with E-state index in [0.717, 1.165) is 10.5 Å². The molecule has 2 aliphatic heterocycles. The minimum absolute atomic E-state index is 0.0392. The van der Waals surface area contributed by atoms with E-state index in [2.05, 4.69) is 10.6 Å². The smallest absolute Gasteiger partial charge is 0.327 e. The van der Waals surface area contributed by atoms with E-state index in [1.807, 2.05) is 30.3 Å². The van der Waals surface area contributed by atoms with Crippen molar-refractivity contribution in [2.45, 2.75) is 18.1 Å². The van der Waals surface area contributed by atoms with Crippen LogP contribution in [0.5, 0.6) is 0 Å². The Balaban J connectivity index is 1.38. The molecule has 2 aliphatic rings. The standard InChI is InChI=1S/C27H26N4O8/c32-15-27(26(35)36)22-21(24(33)30(25(22)34)13-12-28-14-16-4-2-1-3-5-16)23(29-27)20-11-10-19(39-20)17-6-8-18(9-7-17)31(37)38/h1-11,21-23,28-29,32H,12-15H2,(H,35,36). The Morgan fingerprint density at radius 3 is 2.44 bits per heavy atom. The molecular weight excluding hydrogens is 508 g/mol. The zero-order chi connectivity index (χ0) is 27.7. The second kappa shape index (κ2) is 10.4. The Labute approximate surface area is 222 Å². The number of aliphatic carboxylic acids is 1. The lowest BCUT2D eigenvalue weighted by Gasteiger charge is -2.28. The van der Waals surface area contributed by atoms with E-state index >= 15 is 0 Å². The van der Waals surface area contributed by atoms with Gasteiger partial charge >= 0.3 is 5.97 Å². The van der Waals surface area contributed by atoms with Gasteiger partial charge in [-0.25, -0.2) is 0 Å². The van der Waals surface area contributed by atoms with Crippen molar-refractivity contribution in [1.29, 1.82) is 0 Å². The minimum atomic E-state index is -2.07. The van der Waals surface area contributed by atoms with Crippen LogP contribution in [-0.4, -0.2) is 63.1 Å². The monoisotopic (exact) mass is 534 g/mol. The molecule has 202 valence electrons. The van der Waals surface area contributed by atoms with Gasteiger partial charge in [-0.1, -0.05) is 30.3 Å². The van der Waals surface area contributed by atoms with Crippen molar-refractivity contribution in [2.24, 2.45) is 11.8 Å². The number of hydrogen-bond donors (Lipinski definition) is 4. The van der Waals surface area contributed by atoms with E-state index in [1.165, 1.54) is 24.3 Å². The highest BCUT2D eigenvalue weighted by Gasteiger charge is 2.69. The molecule has 4 unspecified atom stereocenters. The van der Waals surface area contributed by atoms with E-state index in [0.29, 0.717) is 24.4 Å². The summed E-state index contributed by atoms with van der Waals surface area (Å²) >= 11 is 0. The molecule has 12 nitrogen and oxygen atoms in total. The molecule has 39 heavy (non-hydrogen) atoms. The summed E-state index contributed by atoms with van der Waals surface area (Å²) in [7, 11) is 0. The van der Waals surface area contributed by atoms with Gasteiger partial charge < -0.3 is 19.9 Å². The van der Waals surface area contributed by atoms with Gasteiger partial charge in [-0.2, -0.15) is 0 Å². The number of nitrogens with zero attached hydrogens (tertiary/aromatic N) is 2. The number of amides is 2. The number of aliphatic hydroxyl groups is 1. The summed E-state index contributed by atoms with van der Waals surface area (Å²) < 4.78 is 5.94. The van der Waals surface area contributed by atoms with Gasteiger partial charge in [0, 0.05) is 37.3 Å². The zero-order valence-electron chi connectivity index (χ0n) is 20.6. The first-order chi connectivity index (χ1) is 18.8. The number of nitrogens with one attached hydrogen (secondary N) is 2. The largest absolute Gasteiger partial charge is 0.480 e. The first kappa shape index (κ1) is 26.2. The number of likely N-dealkylation sites (tertiary alicyclic amines) is 1. The van der Waals surface area contributed by atoms with Gasteiger partial charge in [0.1, 0.15) is 11.5 Å². The maximum Gasteiger partial charge on any atom is 0.327 e. The number of carboxylic acid groups (broad SMARTS) is 1. The molecule has 2 fully saturated rings. The third-order valence-corrected chi connectivity index (χ3v) is 7.36. The lowest BCUT2D eigenvalue weighted by molar-refractivity contribution is -0.384. The summed E-state index contributed by atoms with van der Waals surface area (Å²) in [5.74, 6) is -4.55. The van der Waals surface area contributed by atoms with Crippen LogP contribution in [0.1, 0.15) is 17.4 Å². The average molecular weight is 535 g/mol. The van der Waals surface area contributed by atoms with Crippen LogP contribution in [0.3, 0.4) is 0 Å². The Morgan fingerprint density at radius 1 is 1.08 bits per heavy atom. The molecule has 2 saturated heterocycles. The van der Waals surface area contributed by atoms with E-state index in [1.54, 1.807) is 12.1 Å². The summed E-state index contributed by atoms with van der Waals surface area (Å²) in [6.45, 7) is -0.0393. The fourth-order valence-electron chi connectivity index (χ4n) is 5.38. The van der Waals surface area contributed by atoms with Crippen molar-refractivity contribution in [3.05, 3.63) is 88.2 Å². The number of benzene rings is 2. The number of non-ortho nitro benzene ring substituents is 1. The fourth-order valence-corrected chi connectivity index (χ4v) is 5.38. The molecular formula is C27H26N4O8. The third kappa shape index (κ3) is 4.58. The summed E-state index contributed by atoms with van der Waals surface area (Å²) in [6, 6.07) is 17.4. The second-order valence-corrected chi connectivity index (χ2v) is 9.56. The fraction of sp³-hybridized carbons (Fsp3) is 0.296. The van der Waals surface area contributed by atoms with Crippen molar-refractivity contribution in [1.82, 2.24) is 15.5 Å². The molecule has 0 bridgehead atoms. The van der Waals surface area contributed by atoms with Crippen LogP contribution in [0.4, 0.5) is 5.69 Å². The molecule has 4 N–H and O–H groups in total. The molecule has 5 rings (SSSR count). The molecule has 1 aromatic heterocycles. The first-order valence-corrected chi connectivity index (χ1v) is 12.3. The topological polar surface area (TPSA) is 175 Å². The molecule has 3 aromatic rings. The van der Waals surface area contributed by atoms with Gasteiger partial charge in [0.2, 0.25) is 11.8 Å². The number of imide groups is 1. The lowest BCUT2D eigenvalue weighted by atomic mass is 9.80. The number of rotatable bonds is 10. The van der Waals surface area contributed by atoms with Crippen LogP contribution in [0.2, 0.25) is 0 Å². The Morgan fingerprint density at radius 2 is 1.79 bits per heavy atom. The maximum atomic E-state index is 13.5. The number of fused-ring (bicyclic) bond motifs is 1. The van der Waals surface area contributed by atoms with Crippen molar-refractivity contribution in [3.63, 3.8) is 0 Å². The zero-order valence-corrected chi connectivity index (χ0v) is 20.6. The van der Waals surface area contributed by atoms with Gasteiger partial charge in [0.25, 0.3) is 5.69 Å². The van der Waals surface area contributed by atoms with Crippen molar-refractivity contribution in [2.75, 3.05) is 19.7 Å². The van der Waals surface area contributed by atoms with Crippen molar-refractivity contribution < 1.29 is 33.9 Å². The Bertz CT molecular complexity index is 1410. The number of carbonyl (C=O) groups excluding carboxylic acids is 2. The van der Waals surface area contributed by atoms with Crippen LogP contribution >= 0.6 is 0 Å². The second-order valence-electron chi connectivity index (χ2n) is 9.56. The molecule has 0 radical (unpaired) electrons. The van der Waals surface area contributed by atoms with Gasteiger partial charge in [-0.05, 0) is 29.8 Å². The first-order valence-electron chi connectivity index (χ1n) is 12.3. The minimum Gasteiger partial charge on any atom is -0.480 e. The number of furan rings is 1. The number of nitro groups is 1. The summed E-state index contributed by atoms with van der Waals surface area (Å²) in [4.78, 5) is 50.8. The van der Waals surface area contributed by atoms with E-state index in [4.69, 9.17) is 4.42 Å². The number of nitro benzene ring substituents is 1. The number of hydrogen-bond acceptors (Lipinski definition) is 9. The van der Waals surface area contributed by atoms with Crippen LogP contribution in [0, 0.1) is 22.0 Å². The molecule has 2 amide bonds. The molecule has 0 aliphatic carbocycles. The average Bonchev–Trinajstić information content (AvgIpc) is 3.62. The highest BCUT2D eigenvalue weighted by molar-refractivity contribution is 6.09. The van der Waals surface area contributed by atoms with Crippen LogP contribution in [-0.2, 0) is 20.9 Å². The maximum absolute atomic E-state index is 13.5. The molecule has 3 heterocycles. The predicted molar refractivity (Wildman–Crippen MR) is 136 cm³/mol. The van der Waals surface area contributed by atoms with Gasteiger partial charge in [-0.15, -0.1) is 0 Å². The third-order valence-electron chi connectivity index (χ3n) is 7.36. The summed E-state index contributed by atoms with van der Waals surface area (Å²) in [6.07, 6.45) is 0. The quantitative estimate of drug-likeness (QED) is 0.130. The number of carbonyl (C=O) groups is 3. The summed E-state index contributed by atoms with van der Waals surface area (Å²) in [5.41, 5.74) is -0.597. The lowest BCUT2D eigenvalue weighted by Crippen LogP contribution is -2.58. The van der Waals surface area contributed by atoms with Gasteiger partial charge in [-0.3, -0.25) is 34.7 Å². The highest BCUT2D eigenvalue weighted by atomic mass is 16.6. The highest BCUT2D eigenvalue weighted by Crippen LogP contribution is 2.49. The predicted octanol–water partition coefficient (Wildman–Crippen LogP) is 1.71. The molecule has 0 saturated carbocycles. The van der Waals surface area contributed by atoms with E-state index < -0.39 is 52.7 Å². The van der Waals surface area contributed by atoms with Crippen LogP contribution < -0.4 is 10.6 Å². The molecule has 4 atom stereocenters. The van der Waals surface area contributed by atoms with E-state index in [-0.39, 0.29) is 18.0 Å². The van der Waals surface area contributed by atoms with Crippen LogP contribution in [0.25, 0.3) is 11.3 Å². The normalized spacial score (nSPS) is 24.2.